The predicted octanol–water partition coefficient (Wildman–Crippen LogP) is 3.73. The molecule has 0 saturated carbocycles. The van der Waals surface area contributed by atoms with Crippen molar-refractivity contribution >= 4 is 32.7 Å². The number of carboxylic acids is 1. The lowest BCUT2D eigenvalue weighted by Gasteiger charge is -2.08. The van der Waals surface area contributed by atoms with Gasteiger partial charge in [0, 0.05) is 10.0 Å². The molecule has 7 heteroatoms. The monoisotopic (exact) mass is 374 g/mol. The Bertz CT molecular complexity index is 734. The number of hydrogen-bond acceptors (Lipinski definition) is 2. The predicted molar refractivity (Wildman–Crippen MR) is 77.6 cm³/mol. The molecule has 2 aromatic carbocycles. The van der Waals surface area contributed by atoms with Crippen molar-refractivity contribution in [2.45, 2.75) is 10.6 Å². The molecule has 1 N–H and O–H groups in total. The molecule has 0 bridgehead atoms. The number of carbonyl (C=O) groups is 1. The molecule has 0 spiro atoms. The Morgan fingerprint density at radius 1 is 1.24 bits per heavy atom. The van der Waals surface area contributed by atoms with Crippen LogP contribution >= 0.6 is 15.9 Å². The fourth-order valence-corrected chi connectivity index (χ4v) is 3.57. The molecule has 0 aliphatic heterocycles. The maximum Gasteiger partial charge on any atom is 0.336 e. The zero-order valence-electron chi connectivity index (χ0n) is 10.5. The molecule has 1 unspecified atom stereocenters. The Labute approximate surface area is 130 Å². The third kappa shape index (κ3) is 3.54. The third-order valence-corrected chi connectivity index (χ3v) is 4.63. The second-order valence-corrected chi connectivity index (χ2v) is 6.48. The molecule has 0 heterocycles. The van der Waals surface area contributed by atoms with Crippen LogP contribution in [0, 0.1) is 11.6 Å². The van der Waals surface area contributed by atoms with Gasteiger partial charge >= 0.3 is 5.97 Å². The summed E-state index contributed by atoms with van der Waals surface area (Å²) in [6, 6.07) is 7.80. The van der Waals surface area contributed by atoms with E-state index in [2.05, 4.69) is 15.9 Å². The summed E-state index contributed by atoms with van der Waals surface area (Å²) in [7, 11) is -1.81. The van der Waals surface area contributed by atoms with Gasteiger partial charge < -0.3 is 5.11 Å². The van der Waals surface area contributed by atoms with Gasteiger partial charge in [0.05, 0.1) is 27.0 Å². The third-order valence-electron chi connectivity index (χ3n) is 2.74. The van der Waals surface area contributed by atoms with Crippen molar-refractivity contribution in [1.82, 2.24) is 0 Å². The zero-order chi connectivity index (χ0) is 15.6. The minimum atomic E-state index is -1.81. The van der Waals surface area contributed by atoms with E-state index in [1.807, 2.05) is 0 Å². The number of carboxylic acid groups (broad SMARTS) is 1. The van der Waals surface area contributed by atoms with Crippen LogP contribution in [-0.2, 0) is 16.6 Å². The second kappa shape index (κ2) is 6.44. The number of aromatic carboxylic acids is 1. The summed E-state index contributed by atoms with van der Waals surface area (Å²) in [5.74, 6) is -3.64. The van der Waals surface area contributed by atoms with E-state index in [0.717, 1.165) is 6.07 Å². The molecule has 110 valence electrons. The zero-order valence-corrected chi connectivity index (χ0v) is 12.9. The molecule has 0 saturated heterocycles. The van der Waals surface area contributed by atoms with Gasteiger partial charge in [-0.15, -0.1) is 0 Å². The fraction of sp³-hybridized carbons (Fsp3) is 0.0714. The Kier molecular flexibility index (Phi) is 4.84. The van der Waals surface area contributed by atoms with Gasteiger partial charge in [-0.25, -0.2) is 13.6 Å². The molecule has 3 nitrogen and oxygen atoms in total. The second-order valence-electron chi connectivity index (χ2n) is 4.15. The number of rotatable bonds is 4. The summed E-state index contributed by atoms with van der Waals surface area (Å²) in [6.45, 7) is 0. The average Bonchev–Trinajstić information content (AvgIpc) is 2.43. The van der Waals surface area contributed by atoms with E-state index in [-0.39, 0.29) is 21.8 Å². The van der Waals surface area contributed by atoms with Crippen molar-refractivity contribution in [1.29, 1.82) is 0 Å². The van der Waals surface area contributed by atoms with E-state index in [1.54, 1.807) is 0 Å². The largest absolute Gasteiger partial charge is 0.478 e. The highest BCUT2D eigenvalue weighted by Crippen LogP contribution is 2.23. The van der Waals surface area contributed by atoms with Gasteiger partial charge in [-0.05, 0) is 24.3 Å². The highest BCUT2D eigenvalue weighted by molar-refractivity contribution is 9.10. The van der Waals surface area contributed by atoms with E-state index in [9.17, 15) is 17.8 Å². The highest BCUT2D eigenvalue weighted by atomic mass is 79.9. The molecule has 0 fully saturated rings. The van der Waals surface area contributed by atoms with Crippen molar-refractivity contribution in [3.8, 4) is 0 Å². The number of hydrogen-bond donors (Lipinski definition) is 1. The lowest BCUT2D eigenvalue weighted by Crippen LogP contribution is -2.07. The summed E-state index contributed by atoms with van der Waals surface area (Å²) >= 11 is 3.16. The van der Waals surface area contributed by atoms with Gasteiger partial charge in [0.1, 0.15) is 0 Å². The first-order valence-electron chi connectivity index (χ1n) is 5.74. The van der Waals surface area contributed by atoms with Crippen LogP contribution in [0.5, 0.6) is 0 Å². The summed E-state index contributed by atoms with van der Waals surface area (Å²) < 4.78 is 39.6. The molecule has 2 aromatic rings. The first-order valence-corrected chi connectivity index (χ1v) is 7.85. The van der Waals surface area contributed by atoms with Crippen molar-refractivity contribution in [2.75, 3.05) is 0 Å². The summed E-state index contributed by atoms with van der Waals surface area (Å²) in [4.78, 5) is 11.2. The molecule has 1 atom stereocenters. The van der Waals surface area contributed by atoms with Crippen LogP contribution in [-0.4, -0.2) is 15.3 Å². The Hall–Kier alpha value is -1.60. The van der Waals surface area contributed by atoms with Crippen molar-refractivity contribution in [3.05, 3.63) is 63.6 Å². The van der Waals surface area contributed by atoms with Gasteiger partial charge in [-0.2, -0.15) is 0 Å². The van der Waals surface area contributed by atoms with E-state index in [4.69, 9.17) is 5.11 Å². The van der Waals surface area contributed by atoms with Gasteiger partial charge in [0.15, 0.2) is 11.6 Å². The fourth-order valence-electron chi connectivity index (χ4n) is 1.74. The molecular weight excluding hydrogens is 366 g/mol. The Morgan fingerprint density at radius 2 is 1.95 bits per heavy atom. The first-order chi connectivity index (χ1) is 9.90. The van der Waals surface area contributed by atoms with Crippen LogP contribution in [0.25, 0.3) is 0 Å². The highest BCUT2D eigenvalue weighted by Gasteiger charge is 2.18. The summed E-state index contributed by atoms with van der Waals surface area (Å²) in [5.41, 5.74) is -0.196. The molecule has 0 aliphatic carbocycles. The van der Waals surface area contributed by atoms with E-state index >= 15 is 0 Å². The van der Waals surface area contributed by atoms with Crippen LogP contribution in [0.15, 0.2) is 45.8 Å². The van der Waals surface area contributed by atoms with Gasteiger partial charge in [-0.3, -0.25) is 4.21 Å². The molecule has 0 aromatic heterocycles. The quantitative estimate of drug-likeness (QED) is 0.886. The minimum Gasteiger partial charge on any atom is -0.478 e. The molecule has 0 aliphatic rings. The number of benzene rings is 2. The Balaban J connectivity index is 2.39. The van der Waals surface area contributed by atoms with Crippen LogP contribution in [0.1, 0.15) is 15.9 Å². The van der Waals surface area contributed by atoms with Gasteiger partial charge in [-0.1, -0.05) is 28.1 Å². The van der Waals surface area contributed by atoms with Crippen molar-refractivity contribution < 1.29 is 22.9 Å². The van der Waals surface area contributed by atoms with E-state index < -0.39 is 28.4 Å². The molecule has 0 radical (unpaired) electrons. The summed E-state index contributed by atoms with van der Waals surface area (Å²) in [5, 5.41) is 9.09. The Morgan fingerprint density at radius 3 is 2.62 bits per heavy atom. The van der Waals surface area contributed by atoms with Crippen LogP contribution in [0.4, 0.5) is 8.78 Å². The number of halogens is 3. The van der Waals surface area contributed by atoms with Crippen molar-refractivity contribution in [3.63, 3.8) is 0 Å². The molecule has 21 heavy (non-hydrogen) atoms. The van der Waals surface area contributed by atoms with Crippen LogP contribution in [0.3, 0.4) is 0 Å². The lowest BCUT2D eigenvalue weighted by atomic mass is 10.2. The topological polar surface area (TPSA) is 54.4 Å². The SMILES string of the molecule is O=C(O)c1ccc(Br)cc1S(=O)Cc1cccc(F)c1F. The molecule has 0 amide bonds. The maximum absolute atomic E-state index is 13.6. The van der Waals surface area contributed by atoms with E-state index in [1.165, 1.54) is 30.3 Å². The van der Waals surface area contributed by atoms with Crippen LogP contribution < -0.4 is 0 Å². The standard InChI is InChI=1S/C14H9BrF2O3S/c15-9-4-5-10(14(18)19)12(6-9)21(20)7-8-2-1-3-11(16)13(8)17/h1-6H,7H2,(H,18,19). The van der Waals surface area contributed by atoms with Gasteiger partial charge in [0.2, 0.25) is 0 Å². The van der Waals surface area contributed by atoms with Crippen LogP contribution in [0.2, 0.25) is 0 Å². The summed E-state index contributed by atoms with van der Waals surface area (Å²) in [6.07, 6.45) is 0. The normalized spacial score (nSPS) is 12.1. The minimum absolute atomic E-state index is 0.0561. The van der Waals surface area contributed by atoms with Crippen molar-refractivity contribution in [2.24, 2.45) is 0 Å². The van der Waals surface area contributed by atoms with Gasteiger partial charge in [0.25, 0.3) is 0 Å². The average molecular weight is 375 g/mol. The molecule has 2 rings (SSSR count). The first kappa shape index (κ1) is 15.8. The molecular formula is C14H9BrF2O3S. The smallest absolute Gasteiger partial charge is 0.336 e. The van der Waals surface area contributed by atoms with E-state index in [0.29, 0.717) is 4.47 Å². The maximum atomic E-state index is 13.6. The lowest BCUT2D eigenvalue weighted by molar-refractivity contribution is 0.0693.